The molecule has 4 heterocycles. The highest BCUT2D eigenvalue weighted by Crippen LogP contribution is 2.45. The number of benzene rings is 11. The van der Waals surface area contributed by atoms with Crippen LogP contribution in [0.4, 0.5) is 11.4 Å². The number of fused-ring (bicyclic) bond motifs is 13. The summed E-state index contributed by atoms with van der Waals surface area (Å²) in [6, 6.07) is 88.0. The lowest BCUT2D eigenvalue weighted by molar-refractivity contribution is 0.669. The third kappa shape index (κ3) is 6.30. The summed E-state index contributed by atoms with van der Waals surface area (Å²) in [5, 5.41) is 13.7. The van der Waals surface area contributed by atoms with Crippen LogP contribution in [-0.2, 0) is 0 Å². The topological polar surface area (TPSA) is 35.0 Å². The Balaban J connectivity index is 0.779. The molecule has 4 aromatic heterocycles. The Morgan fingerprint density at radius 2 is 0.915 bits per heavy atom. The molecule has 332 valence electrons. The lowest BCUT2D eigenvalue weighted by atomic mass is 9.97. The molecule has 0 bridgehead atoms. The minimum atomic E-state index is 0.905. The van der Waals surface area contributed by atoms with Gasteiger partial charge in [0.2, 0.25) is 0 Å². The number of aromatic nitrogens is 2. The van der Waals surface area contributed by atoms with Gasteiger partial charge < -0.3 is 18.9 Å². The summed E-state index contributed by atoms with van der Waals surface area (Å²) >= 11 is 1.89. The zero-order chi connectivity index (χ0) is 46.6. The van der Waals surface area contributed by atoms with Crippen molar-refractivity contribution >= 4 is 108 Å². The smallest absolute Gasteiger partial charge is 0.135 e. The first-order valence-electron chi connectivity index (χ1n) is 24.1. The predicted octanol–water partition coefficient (Wildman–Crippen LogP) is 18.9. The van der Waals surface area contributed by atoms with Crippen LogP contribution in [-0.4, -0.2) is 9.13 Å². The zero-order valence-electron chi connectivity index (χ0n) is 38.3. The van der Waals surface area contributed by atoms with Crippen LogP contribution in [0.1, 0.15) is 0 Å². The molecule has 0 aliphatic rings. The van der Waals surface area contributed by atoms with E-state index in [1.807, 2.05) is 23.5 Å². The van der Waals surface area contributed by atoms with E-state index in [0.717, 1.165) is 66.9 Å². The molecule has 0 aliphatic carbocycles. The summed E-state index contributed by atoms with van der Waals surface area (Å²) < 4.78 is 13.6. The Labute approximate surface area is 412 Å². The maximum Gasteiger partial charge on any atom is 0.135 e. The van der Waals surface area contributed by atoms with Gasteiger partial charge in [0, 0.05) is 80.8 Å². The molecular formula is C66H41N3OS. The number of furan rings is 1. The second-order valence-corrected chi connectivity index (χ2v) is 19.6. The van der Waals surface area contributed by atoms with Gasteiger partial charge in [-0.1, -0.05) is 146 Å². The van der Waals surface area contributed by atoms with E-state index in [9.17, 15) is 0 Å². The number of thiophene rings is 1. The van der Waals surface area contributed by atoms with E-state index in [4.69, 9.17) is 4.42 Å². The van der Waals surface area contributed by atoms with Gasteiger partial charge >= 0.3 is 0 Å². The summed E-state index contributed by atoms with van der Waals surface area (Å²) in [7, 11) is 0. The second kappa shape index (κ2) is 15.7. The number of nitrogens with zero attached hydrogens (tertiary/aromatic N) is 2. The fraction of sp³-hybridized carbons (Fsp3) is 0. The van der Waals surface area contributed by atoms with E-state index in [2.05, 4.69) is 245 Å². The zero-order valence-corrected chi connectivity index (χ0v) is 39.1. The van der Waals surface area contributed by atoms with Crippen LogP contribution in [0.3, 0.4) is 0 Å². The summed E-state index contributed by atoms with van der Waals surface area (Å²) in [6.07, 6.45) is 0. The summed E-state index contributed by atoms with van der Waals surface area (Å²) in [5.74, 6) is 0. The lowest BCUT2D eigenvalue weighted by Crippen LogP contribution is -1.98. The minimum absolute atomic E-state index is 0.905. The van der Waals surface area contributed by atoms with Gasteiger partial charge in [0.25, 0.3) is 0 Å². The Kier molecular flexibility index (Phi) is 8.79. The fourth-order valence-corrected chi connectivity index (χ4v) is 12.5. The van der Waals surface area contributed by atoms with Crippen LogP contribution in [0.15, 0.2) is 247 Å². The van der Waals surface area contributed by atoms with Crippen molar-refractivity contribution in [2.45, 2.75) is 0 Å². The molecule has 0 radical (unpaired) electrons. The Morgan fingerprint density at radius 3 is 1.72 bits per heavy atom. The molecule has 15 aromatic rings. The van der Waals surface area contributed by atoms with Gasteiger partial charge in [-0.05, 0) is 125 Å². The van der Waals surface area contributed by atoms with Crippen molar-refractivity contribution in [2.75, 3.05) is 5.32 Å². The van der Waals surface area contributed by atoms with Crippen molar-refractivity contribution in [2.24, 2.45) is 0 Å². The van der Waals surface area contributed by atoms with Crippen LogP contribution in [0.25, 0.3) is 130 Å². The van der Waals surface area contributed by atoms with Crippen molar-refractivity contribution in [1.82, 2.24) is 9.13 Å². The Hall–Kier alpha value is -9.16. The highest BCUT2D eigenvalue weighted by molar-refractivity contribution is 7.26. The van der Waals surface area contributed by atoms with E-state index < -0.39 is 0 Å². The van der Waals surface area contributed by atoms with Crippen LogP contribution in [0.2, 0.25) is 0 Å². The highest BCUT2D eigenvalue weighted by Gasteiger charge is 2.20. The van der Waals surface area contributed by atoms with Gasteiger partial charge in [-0.15, -0.1) is 11.3 Å². The lowest BCUT2D eigenvalue weighted by Gasteiger charge is -2.14. The SMILES string of the molecule is c1cc(Nc2ccccc2-c2cccc(-c3ccc4oc5ccccc5c4c3)c2)cc(-c2ccc3sc4c(ccc5c4c4ccccc4n5-c4cccc(-n5c6ccccc6c6ccccc65)c4)c3c2)c1. The summed E-state index contributed by atoms with van der Waals surface area (Å²) in [6.45, 7) is 0. The molecule has 0 saturated carbocycles. The monoisotopic (exact) mass is 923 g/mol. The molecule has 0 amide bonds. The Bertz CT molecular complexity index is 4590. The molecular weight excluding hydrogens is 883 g/mol. The molecule has 0 fully saturated rings. The van der Waals surface area contributed by atoms with Crippen LogP contribution in [0.5, 0.6) is 0 Å². The normalized spacial score (nSPS) is 11.9. The van der Waals surface area contributed by atoms with Crippen LogP contribution < -0.4 is 5.32 Å². The third-order valence-corrected chi connectivity index (χ3v) is 15.7. The van der Waals surface area contributed by atoms with Crippen molar-refractivity contribution in [3.63, 3.8) is 0 Å². The predicted molar refractivity (Wildman–Crippen MR) is 301 cm³/mol. The molecule has 0 atom stereocenters. The molecule has 5 heteroatoms. The highest BCUT2D eigenvalue weighted by atomic mass is 32.1. The fourth-order valence-electron chi connectivity index (χ4n) is 11.3. The number of hydrogen-bond acceptors (Lipinski definition) is 3. The number of hydrogen-bond donors (Lipinski definition) is 1. The van der Waals surface area contributed by atoms with E-state index in [1.54, 1.807) is 0 Å². The van der Waals surface area contributed by atoms with Gasteiger partial charge in [-0.2, -0.15) is 0 Å². The first-order chi connectivity index (χ1) is 35.2. The number of anilines is 2. The molecule has 0 unspecified atom stereocenters. The van der Waals surface area contributed by atoms with Crippen molar-refractivity contribution in [3.8, 4) is 44.8 Å². The van der Waals surface area contributed by atoms with Gasteiger partial charge in [0.1, 0.15) is 11.2 Å². The third-order valence-electron chi connectivity index (χ3n) is 14.5. The van der Waals surface area contributed by atoms with Crippen molar-refractivity contribution in [3.05, 3.63) is 243 Å². The molecule has 15 rings (SSSR count). The van der Waals surface area contributed by atoms with Gasteiger partial charge in [0.15, 0.2) is 0 Å². The minimum Gasteiger partial charge on any atom is -0.456 e. The van der Waals surface area contributed by atoms with E-state index in [-0.39, 0.29) is 0 Å². The van der Waals surface area contributed by atoms with Crippen LogP contribution >= 0.6 is 11.3 Å². The first kappa shape index (κ1) is 39.8. The van der Waals surface area contributed by atoms with Gasteiger partial charge in [-0.25, -0.2) is 0 Å². The molecule has 11 aromatic carbocycles. The second-order valence-electron chi connectivity index (χ2n) is 18.5. The standard InChI is InChI=1S/C66H41N3OS/c1-6-25-57(49(20-1)45-16-11-14-41(36-45)43-30-34-63-55(38-43)52-23-5-10-29-62(52)70-63)67-46-17-12-15-42(37-46)44-31-35-64-56(39-44)53-32-33-61-65(66(53)71-64)54-24-4-9-28-60(54)69(61)48-19-13-18-47(40-48)68-58-26-7-2-21-50(58)51-22-3-8-27-59(51)68/h1-40,67H. The molecule has 4 nitrogen and oxygen atoms in total. The molecule has 0 aliphatic heterocycles. The van der Waals surface area contributed by atoms with E-state index >= 15 is 0 Å². The average Bonchev–Trinajstić information content (AvgIpc) is 4.19. The van der Waals surface area contributed by atoms with Crippen molar-refractivity contribution in [1.29, 1.82) is 0 Å². The van der Waals surface area contributed by atoms with Crippen molar-refractivity contribution < 1.29 is 4.42 Å². The number of rotatable bonds is 7. The number of para-hydroxylation sites is 5. The summed E-state index contributed by atoms with van der Waals surface area (Å²) in [5.41, 5.74) is 18.0. The average molecular weight is 924 g/mol. The molecule has 0 saturated heterocycles. The summed E-state index contributed by atoms with van der Waals surface area (Å²) in [4.78, 5) is 0. The van der Waals surface area contributed by atoms with E-state index in [1.165, 1.54) is 74.9 Å². The van der Waals surface area contributed by atoms with Gasteiger partial charge in [-0.3, -0.25) is 0 Å². The maximum absolute atomic E-state index is 6.14. The largest absolute Gasteiger partial charge is 0.456 e. The molecule has 71 heavy (non-hydrogen) atoms. The van der Waals surface area contributed by atoms with E-state index in [0.29, 0.717) is 0 Å². The van der Waals surface area contributed by atoms with Gasteiger partial charge in [0.05, 0.1) is 22.1 Å². The number of nitrogens with one attached hydrogen (secondary N) is 1. The molecule has 1 N–H and O–H groups in total. The quantitative estimate of drug-likeness (QED) is 0.173. The molecule has 0 spiro atoms. The Morgan fingerprint density at radius 1 is 0.338 bits per heavy atom. The first-order valence-corrected chi connectivity index (χ1v) is 25.0. The maximum atomic E-state index is 6.14. The van der Waals surface area contributed by atoms with Crippen LogP contribution in [0, 0.1) is 0 Å².